The maximum absolute atomic E-state index is 11.6. The molecule has 1 heterocycles. The second kappa shape index (κ2) is 6.23. The average molecular weight is 272 g/mol. The van der Waals surface area contributed by atoms with E-state index < -0.39 is 17.7 Å². The smallest absolute Gasteiger partial charge is 0.407 e. The zero-order chi connectivity index (χ0) is 14.5. The van der Waals surface area contributed by atoms with Gasteiger partial charge in [-0.3, -0.25) is 4.79 Å². The van der Waals surface area contributed by atoms with Gasteiger partial charge in [0.25, 0.3) is 0 Å². The highest BCUT2D eigenvalue weighted by molar-refractivity contribution is 5.69. The lowest BCUT2D eigenvalue weighted by atomic mass is 9.76. The number of nitrogens with one attached hydrogen (secondary N) is 2. The van der Waals surface area contributed by atoms with Crippen molar-refractivity contribution in [3.8, 4) is 0 Å². The van der Waals surface area contributed by atoms with Crippen molar-refractivity contribution in [1.82, 2.24) is 10.6 Å². The van der Waals surface area contributed by atoms with Crippen LogP contribution in [0.4, 0.5) is 4.79 Å². The average Bonchev–Trinajstić information content (AvgIpc) is 2.24. The second-order valence-electron chi connectivity index (χ2n) is 6.18. The van der Waals surface area contributed by atoms with E-state index >= 15 is 0 Å². The first-order valence-electron chi connectivity index (χ1n) is 6.62. The third kappa shape index (κ3) is 5.92. The van der Waals surface area contributed by atoms with Crippen molar-refractivity contribution in [2.75, 3.05) is 19.6 Å². The summed E-state index contributed by atoms with van der Waals surface area (Å²) in [6.45, 7) is 7.29. The number of hydrogen-bond acceptors (Lipinski definition) is 4. The van der Waals surface area contributed by atoms with E-state index in [0.717, 1.165) is 25.9 Å². The van der Waals surface area contributed by atoms with Gasteiger partial charge in [-0.15, -0.1) is 0 Å². The van der Waals surface area contributed by atoms with Gasteiger partial charge in [0.15, 0.2) is 0 Å². The Hall–Kier alpha value is -1.30. The lowest BCUT2D eigenvalue weighted by molar-refractivity contribution is -0.140. The number of amides is 1. The van der Waals surface area contributed by atoms with Crippen LogP contribution in [0.25, 0.3) is 0 Å². The molecule has 110 valence electrons. The van der Waals surface area contributed by atoms with Gasteiger partial charge in [0, 0.05) is 12.0 Å². The van der Waals surface area contributed by atoms with Crippen molar-refractivity contribution in [2.45, 2.75) is 45.6 Å². The van der Waals surface area contributed by atoms with Gasteiger partial charge in [0.2, 0.25) is 0 Å². The van der Waals surface area contributed by atoms with E-state index in [1.54, 1.807) is 20.8 Å². The van der Waals surface area contributed by atoms with E-state index in [9.17, 15) is 9.59 Å². The van der Waals surface area contributed by atoms with Gasteiger partial charge in [0.1, 0.15) is 5.60 Å². The Morgan fingerprint density at radius 3 is 2.37 bits per heavy atom. The number of carbonyl (C=O) groups is 2. The third-order valence-corrected chi connectivity index (χ3v) is 3.20. The highest BCUT2D eigenvalue weighted by Crippen LogP contribution is 2.32. The standard InChI is InChI=1S/C13H24N2O4/c1-12(2,3)19-11(18)15-9-13(8-10(16)17)4-6-14-7-5-13/h14H,4-9H2,1-3H3,(H,15,18)(H,16,17). The largest absolute Gasteiger partial charge is 0.481 e. The van der Waals surface area contributed by atoms with Gasteiger partial charge in [-0.2, -0.15) is 0 Å². The van der Waals surface area contributed by atoms with Crippen molar-refractivity contribution in [2.24, 2.45) is 5.41 Å². The number of carboxylic acids is 1. The summed E-state index contributed by atoms with van der Waals surface area (Å²) in [5.41, 5.74) is -0.911. The molecule has 19 heavy (non-hydrogen) atoms. The molecule has 1 aliphatic rings. The van der Waals surface area contributed by atoms with Crippen LogP contribution in [0.3, 0.4) is 0 Å². The van der Waals surface area contributed by atoms with Crippen molar-refractivity contribution < 1.29 is 19.4 Å². The van der Waals surface area contributed by atoms with Crippen LogP contribution >= 0.6 is 0 Å². The molecule has 0 aliphatic carbocycles. The fraction of sp³-hybridized carbons (Fsp3) is 0.846. The first-order chi connectivity index (χ1) is 8.72. The molecule has 1 rings (SSSR count). The van der Waals surface area contributed by atoms with Gasteiger partial charge >= 0.3 is 12.1 Å². The minimum atomic E-state index is -0.826. The van der Waals surface area contributed by atoms with E-state index in [1.165, 1.54) is 0 Å². The molecule has 0 aromatic carbocycles. The Labute approximate surface area is 113 Å². The van der Waals surface area contributed by atoms with Gasteiger partial charge < -0.3 is 20.5 Å². The van der Waals surface area contributed by atoms with Crippen molar-refractivity contribution >= 4 is 12.1 Å². The fourth-order valence-electron chi connectivity index (χ4n) is 2.27. The van der Waals surface area contributed by atoms with Gasteiger partial charge in [-0.25, -0.2) is 4.79 Å². The number of aliphatic carboxylic acids is 1. The number of piperidine rings is 1. The first-order valence-corrected chi connectivity index (χ1v) is 6.62. The maximum atomic E-state index is 11.6. The van der Waals surface area contributed by atoms with Crippen molar-refractivity contribution in [1.29, 1.82) is 0 Å². The predicted molar refractivity (Wildman–Crippen MR) is 71.0 cm³/mol. The molecule has 0 aromatic rings. The normalized spacial score (nSPS) is 18.7. The molecule has 0 unspecified atom stereocenters. The molecular weight excluding hydrogens is 248 g/mol. The summed E-state index contributed by atoms with van der Waals surface area (Å²) in [6, 6.07) is 0. The SMILES string of the molecule is CC(C)(C)OC(=O)NCC1(CC(=O)O)CCNCC1. The van der Waals surface area contributed by atoms with E-state index in [-0.39, 0.29) is 11.8 Å². The monoisotopic (exact) mass is 272 g/mol. The number of hydrogen-bond donors (Lipinski definition) is 3. The fourth-order valence-corrected chi connectivity index (χ4v) is 2.27. The summed E-state index contributed by atoms with van der Waals surface area (Å²) in [7, 11) is 0. The highest BCUT2D eigenvalue weighted by Gasteiger charge is 2.35. The van der Waals surface area contributed by atoms with Crippen molar-refractivity contribution in [3.05, 3.63) is 0 Å². The van der Waals surface area contributed by atoms with E-state index in [4.69, 9.17) is 9.84 Å². The lowest BCUT2D eigenvalue weighted by Crippen LogP contribution is -2.46. The Bertz CT molecular complexity index is 330. The second-order valence-corrected chi connectivity index (χ2v) is 6.18. The van der Waals surface area contributed by atoms with Gasteiger partial charge in [-0.1, -0.05) is 0 Å². The molecule has 6 heteroatoms. The van der Waals surface area contributed by atoms with Crippen LogP contribution in [0.1, 0.15) is 40.0 Å². The third-order valence-electron chi connectivity index (χ3n) is 3.20. The molecule has 6 nitrogen and oxygen atoms in total. The quantitative estimate of drug-likeness (QED) is 0.719. The first kappa shape index (κ1) is 15.8. The Balaban J connectivity index is 2.53. The summed E-state index contributed by atoms with van der Waals surface area (Å²) in [5, 5.41) is 14.9. The maximum Gasteiger partial charge on any atom is 0.407 e. The van der Waals surface area contributed by atoms with Crippen LogP contribution in [0.15, 0.2) is 0 Å². The number of alkyl carbamates (subject to hydrolysis) is 1. The molecule has 0 saturated carbocycles. The molecule has 0 spiro atoms. The van der Waals surface area contributed by atoms with Crippen LogP contribution in [-0.4, -0.2) is 42.4 Å². The summed E-state index contributed by atoms with van der Waals surface area (Å²) < 4.78 is 5.17. The lowest BCUT2D eigenvalue weighted by Gasteiger charge is -2.36. The molecule has 0 bridgehead atoms. The van der Waals surface area contributed by atoms with Crippen LogP contribution in [0, 0.1) is 5.41 Å². The van der Waals surface area contributed by atoms with Crippen molar-refractivity contribution in [3.63, 3.8) is 0 Å². The highest BCUT2D eigenvalue weighted by atomic mass is 16.6. The van der Waals surface area contributed by atoms with Crippen LogP contribution < -0.4 is 10.6 Å². The molecule has 1 saturated heterocycles. The zero-order valence-corrected chi connectivity index (χ0v) is 11.9. The summed E-state index contributed by atoms with van der Waals surface area (Å²) in [6.07, 6.45) is 1.07. The van der Waals surface area contributed by atoms with Gasteiger partial charge in [-0.05, 0) is 46.7 Å². The predicted octanol–water partition coefficient (Wildman–Crippen LogP) is 1.36. The zero-order valence-electron chi connectivity index (χ0n) is 11.9. The molecule has 0 atom stereocenters. The van der Waals surface area contributed by atoms with E-state index in [0.29, 0.717) is 6.54 Å². The topological polar surface area (TPSA) is 87.7 Å². The molecule has 1 aliphatic heterocycles. The minimum Gasteiger partial charge on any atom is -0.481 e. The Morgan fingerprint density at radius 2 is 1.89 bits per heavy atom. The number of ether oxygens (including phenoxy) is 1. The number of rotatable bonds is 4. The Morgan fingerprint density at radius 1 is 1.32 bits per heavy atom. The van der Waals surface area contributed by atoms with Gasteiger partial charge in [0.05, 0.1) is 6.42 Å². The van der Waals surface area contributed by atoms with Crippen LogP contribution in [0.5, 0.6) is 0 Å². The summed E-state index contributed by atoms with van der Waals surface area (Å²) in [5.74, 6) is -0.826. The van der Waals surface area contributed by atoms with E-state index in [1.807, 2.05) is 0 Å². The Kier molecular flexibility index (Phi) is 5.17. The molecule has 0 radical (unpaired) electrons. The molecule has 0 aromatic heterocycles. The molecule has 1 fully saturated rings. The number of carboxylic acid groups (broad SMARTS) is 1. The molecule has 3 N–H and O–H groups in total. The minimum absolute atomic E-state index is 0.0739. The van der Waals surface area contributed by atoms with E-state index in [2.05, 4.69) is 10.6 Å². The van der Waals surface area contributed by atoms with Crippen LogP contribution in [-0.2, 0) is 9.53 Å². The summed E-state index contributed by atoms with van der Waals surface area (Å²) in [4.78, 5) is 22.6. The molecular formula is C13H24N2O4. The number of carbonyl (C=O) groups excluding carboxylic acids is 1. The summed E-state index contributed by atoms with van der Waals surface area (Å²) >= 11 is 0. The van der Waals surface area contributed by atoms with Crippen LogP contribution in [0.2, 0.25) is 0 Å². The molecule has 1 amide bonds.